The van der Waals surface area contributed by atoms with Crippen LogP contribution in [0.2, 0.25) is 0 Å². The highest BCUT2D eigenvalue weighted by Crippen LogP contribution is 2.25. The van der Waals surface area contributed by atoms with Crippen molar-refractivity contribution in [2.24, 2.45) is 0 Å². The summed E-state index contributed by atoms with van der Waals surface area (Å²) in [7, 11) is 0. The number of rotatable bonds is 4. The van der Waals surface area contributed by atoms with Crippen molar-refractivity contribution in [3.8, 4) is 11.8 Å². The lowest BCUT2D eigenvalue weighted by Crippen LogP contribution is -1.99. The summed E-state index contributed by atoms with van der Waals surface area (Å²) in [5.74, 6) is 0.284. The smallest absolute Gasteiger partial charge is 0.129 e. The number of ether oxygens (including phenoxy) is 1. The molecule has 2 rings (SSSR count). The molecule has 5 heteroatoms. The monoisotopic (exact) mass is 397 g/mol. The van der Waals surface area contributed by atoms with Crippen molar-refractivity contribution in [1.82, 2.24) is 0 Å². The van der Waals surface area contributed by atoms with Gasteiger partial charge < -0.3 is 4.74 Å². The van der Waals surface area contributed by atoms with Gasteiger partial charge in [-0.1, -0.05) is 31.9 Å². The Morgan fingerprint density at radius 2 is 1.95 bits per heavy atom. The van der Waals surface area contributed by atoms with E-state index in [4.69, 9.17) is 10.00 Å². The van der Waals surface area contributed by atoms with E-state index in [0.717, 1.165) is 10.0 Å². The van der Waals surface area contributed by atoms with Gasteiger partial charge in [-0.3, -0.25) is 0 Å². The third kappa shape index (κ3) is 3.59. The quantitative estimate of drug-likeness (QED) is 0.683. The molecule has 2 nitrogen and oxygen atoms in total. The normalized spacial score (nSPS) is 10.1. The molecule has 0 N–H and O–H groups in total. The van der Waals surface area contributed by atoms with Crippen LogP contribution in [0.4, 0.5) is 4.39 Å². The summed E-state index contributed by atoms with van der Waals surface area (Å²) < 4.78 is 20.2. The molecule has 2 aromatic carbocycles. The van der Waals surface area contributed by atoms with E-state index in [1.165, 1.54) is 18.2 Å². The molecule has 102 valence electrons. The first-order valence-corrected chi connectivity index (χ1v) is 7.71. The second-order valence-electron chi connectivity index (χ2n) is 4.09. The Balaban J connectivity index is 2.15. The fourth-order valence-electron chi connectivity index (χ4n) is 1.66. The maximum Gasteiger partial charge on any atom is 0.129 e. The summed E-state index contributed by atoms with van der Waals surface area (Å²) in [5.41, 5.74) is 1.84. The van der Waals surface area contributed by atoms with Crippen molar-refractivity contribution in [3.63, 3.8) is 0 Å². The third-order valence-corrected chi connectivity index (χ3v) is 4.11. The molecule has 0 amide bonds. The number of hydrogen-bond donors (Lipinski definition) is 0. The molecule has 0 heterocycles. The van der Waals surface area contributed by atoms with Crippen LogP contribution in [0.25, 0.3) is 0 Å². The van der Waals surface area contributed by atoms with Crippen LogP contribution in [0.3, 0.4) is 0 Å². The zero-order valence-corrected chi connectivity index (χ0v) is 13.5. The van der Waals surface area contributed by atoms with Gasteiger partial charge in [-0.2, -0.15) is 5.26 Å². The fourth-order valence-corrected chi connectivity index (χ4v) is 2.89. The zero-order chi connectivity index (χ0) is 14.5. The van der Waals surface area contributed by atoms with Crippen LogP contribution in [0, 0.1) is 17.1 Å². The van der Waals surface area contributed by atoms with Gasteiger partial charge in [-0.25, -0.2) is 4.39 Å². The lowest BCUT2D eigenvalue weighted by molar-refractivity contribution is 0.299. The first-order valence-electron chi connectivity index (χ1n) is 5.79. The van der Waals surface area contributed by atoms with Crippen molar-refractivity contribution < 1.29 is 9.13 Å². The van der Waals surface area contributed by atoms with Crippen LogP contribution in [-0.2, 0) is 11.9 Å². The van der Waals surface area contributed by atoms with E-state index in [1.54, 1.807) is 0 Å². The minimum absolute atomic E-state index is 0.0880. The second-order valence-corrected chi connectivity index (χ2v) is 5.51. The minimum atomic E-state index is -0.373. The maximum absolute atomic E-state index is 13.6. The number of halogens is 3. The van der Waals surface area contributed by atoms with E-state index in [-0.39, 0.29) is 12.4 Å². The summed E-state index contributed by atoms with van der Waals surface area (Å²) in [4.78, 5) is 0. The molecule has 0 saturated heterocycles. The van der Waals surface area contributed by atoms with E-state index in [2.05, 4.69) is 31.9 Å². The lowest BCUT2D eigenvalue weighted by atomic mass is 10.1. The van der Waals surface area contributed by atoms with E-state index < -0.39 is 0 Å². The topological polar surface area (TPSA) is 33.0 Å². The fraction of sp³-hybridized carbons (Fsp3) is 0.133. The van der Waals surface area contributed by atoms with Crippen molar-refractivity contribution >= 4 is 31.9 Å². The summed E-state index contributed by atoms with van der Waals surface area (Å²) in [5, 5.41) is 9.51. The number of nitriles is 1. The predicted octanol–water partition coefficient (Wildman–Crippen LogP) is 4.93. The van der Waals surface area contributed by atoms with E-state index in [1.807, 2.05) is 24.3 Å². The van der Waals surface area contributed by atoms with Crippen molar-refractivity contribution in [1.29, 1.82) is 5.26 Å². The summed E-state index contributed by atoms with van der Waals surface area (Å²) in [6.07, 6.45) is 0. The molecule has 20 heavy (non-hydrogen) atoms. The molecule has 0 spiro atoms. The van der Waals surface area contributed by atoms with Crippen LogP contribution in [0.5, 0.6) is 5.75 Å². The molecule has 0 bridgehead atoms. The standard InChI is InChI=1S/C15H10Br2FNO/c16-7-11-6-13(2-3-14(11)17)20-9-12-5-10(8-19)1-4-15(12)18/h1-6H,7,9H2. The molecular formula is C15H10Br2FNO. The van der Waals surface area contributed by atoms with Gasteiger partial charge in [0.15, 0.2) is 0 Å². The van der Waals surface area contributed by atoms with E-state index in [9.17, 15) is 4.39 Å². The molecular weight excluding hydrogens is 389 g/mol. The molecule has 0 aliphatic heterocycles. The maximum atomic E-state index is 13.6. The van der Waals surface area contributed by atoms with Crippen LogP contribution in [0.15, 0.2) is 40.9 Å². The summed E-state index contributed by atoms with van der Waals surface area (Å²) >= 11 is 6.82. The number of hydrogen-bond acceptors (Lipinski definition) is 2. The van der Waals surface area contributed by atoms with Gasteiger partial charge in [0.05, 0.1) is 11.6 Å². The molecule has 0 radical (unpaired) electrons. The Kier molecular flexibility index (Phi) is 5.16. The Labute approximate surface area is 133 Å². The van der Waals surface area contributed by atoms with Crippen LogP contribution in [0.1, 0.15) is 16.7 Å². The van der Waals surface area contributed by atoms with E-state index in [0.29, 0.717) is 22.2 Å². The van der Waals surface area contributed by atoms with Crippen LogP contribution < -0.4 is 4.74 Å². The summed E-state index contributed by atoms with van der Waals surface area (Å²) in [6.45, 7) is 0.0880. The third-order valence-electron chi connectivity index (χ3n) is 2.73. The predicted molar refractivity (Wildman–Crippen MR) is 82.2 cm³/mol. The van der Waals surface area contributed by atoms with Gasteiger partial charge in [-0.05, 0) is 42.0 Å². The molecule has 0 aromatic heterocycles. The van der Waals surface area contributed by atoms with E-state index >= 15 is 0 Å². The molecule has 0 saturated carbocycles. The molecule has 2 aromatic rings. The van der Waals surface area contributed by atoms with Crippen molar-refractivity contribution in [3.05, 3.63) is 63.4 Å². The Hall–Kier alpha value is -1.38. The van der Waals surface area contributed by atoms with Gasteiger partial charge in [0.25, 0.3) is 0 Å². The molecule has 0 aliphatic rings. The Bertz CT molecular complexity index is 667. The highest BCUT2D eigenvalue weighted by molar-refractivity contribution is 9.10. The number of nitrogens with zero attached hydrogens (tertiary/aromatic N) is 1. The SMILES string of the molecule is N#Cc1ccc(F)c(COc2ccc(Br)c(CBr)c2)c1. The largest absolute Gasteiger partial charge is 0.489 e. The molecule has 0 fully saturated rings. The average molecular weight is 399 g/mol. The number of benzene rings is 2. The van der Waals surface area contributed by atoms with Gasteiger partial charge in [-0.15, -0.1) is 0 Å². The highest BCUT2D eigenvalue weighted by Gasteiger charge is 2.06. The molecule has 0 atom stereocenters. The zero-order valence-electron chi connectivity index (χ0n) is 10.4. The molecule has 0 unspecified atom stereocenters. The van der Waals surface area contributed by atoms with Gasteiger partial charge in [0, 0.05) is 15.4 Å². The second kappa shape index (κ2) is 6.87. The summed E-state index contributed by atoms with van der Waals surface area (Å²) in [6, 6.07) is 11.8. The number of alkyl halides is 1. The minimum Gasteiger partial charge on any atom is -0.489 e. The van der Waals surface area contributed by atoms with Gasteiger partial charge >= 0.3 is 0 Å². The highest BCUT2D eigenvalue weighted by atomic mass is 79.9. The van der Waals surface area contributed by atoms with Gasteiger partial charge in [0.2, 0.25) is 0 Å². The van der Waals surface area contributed by atoms with Crippen molar-refractivity contribution in [2.45, 2.75) is 11.9 Å². The first kappa shape index (κ1) is 15.0. The first-order chi connectivity index (χ1) is 9.63. The molecule has 0 aliphatic carbocycles. The van der Waals surface area contributed by atoms with Gasteiger partial charge in [0.1, 0.15) is 18.2 Å². The van der Waals surface area contributed by atoms with Crippen LogP contribution in [-0.4, -0.2) is 0 Å². The Morgan fingerprint density at radius 3 is 2.65 bits per heavy atom. The lowest BCUT2D eigenvalue weighted by Gasteiger charge is -2.09. The van der Waals surface area contributed by atoms with Crippen molar-refractivity contribution in [2.75, 3.05) is 0 Å². The average Bonchev–Trinajstić information content (AvgIpc) is 2.47. The van der Waals surface area contributed by atoms with Crippen LogP contribution >= 0.6 is 31.9 Å². The Morgan fingerprint density at radius 1 is 1.15 bits per heavy atom.